The van der Waals surface area contributed by atoms with Gasteiger partial charge in [-0.25, -0.2) is 0 Å². The summed E-state index contributed by atoms with van der Waals surface area (Å²) >= 11 is 0. The number of allylic oxidation sites excluding steroid dienone is 1. The number of benzene rings is 1. The van der Waals surface area contributed by atoms with Crippen molar-refractivity contribution >= 4 is 11.8 Å². The number of carbonyl (C=O) groups excluding carboxylic acids is 2. The summed E-state index contributed by atoms with van der Waals surface area (Å²) in [6.45, 7) is 3.99. The second-order valence-electron chi connectivity index (χ2n) is 5.20. The topological polar surface area (TPSA) is 43.4 Å². The van der Waals surface area contributed by atoms with Gasteiger partial charge >= 0.3 is 5.97 Å². The van der Waals surface area contributed by atoms with Crippen molar-refractivity contribution in [2.75, 3.05) is 6.61 Å². The van der Waals surface area contributed by atoms with E-state index in [2.05, 4.69) is 6.58 Å². The van der Waals surface area contributed by atoms with Crippen LogP contribution < -0.4 is 0 Å². The fourth-order valence-electron chi connectivity index (χ4n) is 2.63. The molecule has 2 rings (SSSR count). The first-order valence-corrected chi connectivity index (χ1v) is 7.06. The van der Waals surface area contributed by atoms with Crippen LogP contribution in [0.25, 0.3) is 0 Å². The summed E-state index contributed by atoms with van der Waals surface area (Å²) in [5.41, 5.74) is 1.14. The second kappa shape index (κ2) is 7.04. The Balaban J connectivity index is 1.99. The molecule has 1 fully saturated rings. The van der Waals surface area contributed by atoms with Gasteiger partial charge in [0.2, 0.25) is 0 Å². The van der Waals surface area contributed by atoms with Crippen molar-refractivity contribution in [2.45, 2.75) is 25.7 Å². The highest BCUT2D eigenvalue weighted by Crippen LogP contribution is 2.28. The third-order valence-corrected chi connectivity index (χ3v) is 3.68. The average Bonchev–Trinajstić information content (AvgIpc) is 2.81. The van der Waals surface area contributed by atoms with Crippen LogP contribution in [0.3, 0.4) is 0 Å². The van der Waals surface area contributed by atoms with Crippen molar-refractivity contribution in [2.24, 2.45) is 11.8 Å². The molecule has 0 saturated carbocycles. The van der Waals surface area contributed by atoms with Gasteiger partial charge in [-0.1, -0.05) is 36.4 Å². The van der Waals surface area contributed by atoms with Crippen LogP contribution in [-0.4, -0.2) is 18.4 Å². The van der Waals surface area contributed by atoms with E-state index >= 15 is 0 Å². The van der Waals surface area contributed by atoms with Crippen LogP contribution in [0.2, 0.25) is 0 Å². The van der Waals surface area contributed by atoms with Crippen LogP contribution in [0.1, 0.15) is 24.8 Å². The number of ether oxygens (including phenoxy) is 1. The zero-order valence-corrected chi connectivity index (χ0v) is 11.6. The molecule has 1 aliphatic heterocycles. The van der Waals surface area contributed by atoms with Gasteiger partial charge in [-0.3, -0.25) is 9.59 Å². The van der Waals surface area contributed by atoms with Crippen molar-refractivity contribution in [3.8, 4) is 0 Å². The van der Waals surface area contributed by atoms with Crippen LogP contribution in [0, 0.1) is 11.8 Å². The first-order chi connectivity index (χ1) is 9.72. The summed E-state index contributed by atoms with van der Waals surface area (Å²) < 4.78 is 5.10. The fourth-order valence-corrected chi connectivity index (χ4v) is 2.63. The molecule has 1 aliphatic rings. The van der Waals surface area contributed by atoms with Crippen LogP contribution >= 0.6 is 0 Å². The van der Waals surface area contributed by atoms with Gasteiger partial charge in [0.05, 0.1) is 6.61 Å². The molecule has 0 spiro atoms. The molecule has 20 heavy (non-hydrogen) atoms. The third kappa shape index (κ3) is 3.56. The smallest absolute Gasteiger partial charge is 0.316 e. The molecule has 0 radical (unpaired) electrons. The van der Waals surface area contributed by atoms with Gasteiger partial charge in [-0.2, -0.15) is 0 Å². The zero-order chi connectivity index (χ0) is 14.4. The van der Waals surface area contributed by atoms with E-state index in [4.69, 9.17) is 4.74 Å². The quantitative estimate of drug-likeness (QED) is 0.332. The van der Waals surface area contributed by atoms with Crippen LogP contribution in [0.5, 0.6) is 0 Å². The molecule has 0 aliphatic carbocycles. The van der Waals surface area contributed by atoms with Crippen LogP contribution in [0.15, 0.2) is 43.0 Å². The summed E-state index contributed by atoms with van der Waals surface area (Å²) in [4.78, 5) is 24.0. The van der Waals surface area contributed by atoms with Gasteiger partial charge < -0.3 is 4.74 Å². The van der Waals surface area contributed by atoms with Crippen molar-refractivity contribution in [1.82, 2.24) is 0 Å². The Morgan fingerprint density at radius 3 is 2.80 bits per heavy atom. The van der Waals surface area contributed by atoms with Crippen LogP contribution in [0.4, 0.5) is 0 Å². The number of unbranched alkanes of at least 4 members (excludes halogenated alkanes) is 1. The second-order valence-corrected chi connectivity index (χ2v) is 5.20. The van der Waals surface area contributed by atoms with Crippen molar-refractivity contribution in [1.29, 1.82) is 0 Å². The lowest BCUT2D eigenvalue weighted by molar-refractivity contribution is -0.144. The molecule has 0 bridgehead atoms. The standard InChI is InChI=1S/C17H20O3/c1-2-3-5-10-15(18)16-14(12-20-17(16)19)11-13-8-6-4-7-9-13/h2,4,6-9,14,16H,1,3,5,10-12H2/t14-,16+/m0/s1. The molecule has 0 amide bonds. The molecule has 1 aromatic rings. The number of hydrogen-bond donors (Lipinski definition) is 0. The van der Waals surface area contributed by atoms with E-state index in [1.807, 2.05) is 30.3 Å². The number of ketones is 1. The number of carbonyl (C=O) groups is 2. The lowest BCUT2D eigenvalue weighted by Gasteiger charge is -2.14. The lowest BCUT2D eigenvalue weighted by Crippen LogP contribution is -2.27. The Morgan fingerprint density at radius 1 is 1.35 bits per heavy atom. The Bertz CT molecular complexity index is 478. The molecule has 3 nitrogen and oxygen atoms in total. The molecule has 2 atom stereocenters. The number of rotatable bonds is 7. The lowest BCUT2D eigenvalue weighted by atomic mass is 9.85. The highest BCUT2D eigenvalue weighted by molar-refractivity contribution is 6.00. The molecule has 0 N–H and O–H groups in total. The molecule has 0 aromatic heterocycles. The zero-order valence-electron chi connectivity index (χ0n) is 11.6. The molecule has 1 heterocycles. The van der Waals surface area contributed by atoms with E-state index < -0.39 is 5.92 Å². The summed E-state index contributed by atoms with van der Waals surface area (Å²) in [5, 5.41) is 0. The van der Waals surface area contributed by atoms with Gasteiger partial charge in [-0.05, 0) is 24.8 Å². The highest BCUT2D eigenvalue weighted by Gasteiger charge is 2.41. The van der Waals surface area contributed by atoms with Crippen molar-refractivity contribution in [3.05, 3.63) is 48.6 Å². The monoisotopic (exact) mass is 272 g/mol. The summed E-state index contributed by atoms with van der Waals surface area (Å²) in [5.74, 6) is -0.953. The summed E-state index contributed by atoms with van der Waals surface area (Å²) in [6.07, 6.45) is 4.49. The first kappa shape index (κ1) is 14.5. The Kier molecular flexibility index (Phi) is 5.10. The van der Waals surface area contributed by atoms with E-state index in [1.165, 1.54) is 0 Å². The minimum Gasteiger partial charge on any atom is -0.465 e. The van der Waals surface area contributed by atoms with E-state index in [0.717, 1.165) is 18.4 Å². The maximum absolute atomic E-state index is 12.2. The summed E-state index contributed by atoms with van der Waals surface area (Å²) in [7, 11) is 0. The Labute approximate surface area is 119 Å². The van der Waals surface area contributed by atoms with E-state index in [-0.39, 0.29) is 17.7 Å². The number of Topliss-reactive ketones (excluding diaryl/α,β-unsaturated/α-hetero) is 1. The normalized spacial score (nSPS) is 21.5. The predicted octanol–water partition coefficient (Wildman–Crippen LogP) is 2.94. The highest BCUT2D eigenvalue weighted by atomic mass is 16.5. The van der Waals surface area contributed by atoms with Crippen LogP contribution in [-0.2, 0) is 20.7 Å². The minimum atomic E-state index is -0.583. The van der Waals surface area contributed by atoms with E-state index in [1.54, 1.807) is 6.08 Å². The maximum Gasteiger partial charge on any atom is 0.316 e. The molecule has 3 heteroatoms. The minimum absolute atomic E-state index is 0.00952. The predicted molar refractivity (Wildman–Crippen MR) is 77.1 cm³/mol. The van der Waals surface area contributed by atoms with Gasteiger partial charge in [0, 0.05) is 12.3 Å². The molecule has 0 unspecified atom stereocenters. The van der Waals surface area contributed by atoms with Crippen molar-refractivity contribution < 1.29 is 14.3 Å². The van der Waals surface area contributed by atoms with E-state index in [9.17, 15) is 9.59 Å². The van der Waals surface area contributed by atoms with Crippen molar-refractivity contribution in [3.63, 3.8) is 0 Å². The number of hydrogen-bond acceptors (Lipinski definition) is 3. The summed E-state index contributed by atoms with van der Waals surface area (Å²) in [6, 6.07) is 9.92. The molecule has 1 saturated heterocycles. The Hall–Kier alpha value is -1.90. The molecule has 106 valence electrons. The van der Waals surface area contributed by atoms with Gasteiger partial charge in [0.15, 0.2) is 0 Å². The molecular formula is C17H20O3. The van der Waals surface area contributed by atoms with E-state index in [0.29, 0.717) is 19.4 Å². The maximum atomic E-state index is 12.2. The van der Waals surface area contributed by atoms with Gasteiger partial charge in [0.1, 0.15) is 11.7 Å². The molecule has 1 aromatic carbocycles. The average molecular weight is 272 g/mol. The first-order valence-electron chi connectivity index (χ1n) is 7.06. The van der Waals surface area contributed by atoms with Gasteiger partial charge in [0.25, 0.3) is 0 Å². The molecular weight excluding hydrogens is 252 g/mol. The number of cyclic esters (lactones) is 1. The fraction of sp³-hybridized carbons (Fsp3) is 0.412. The number of esters is 1. The largest absolute Gasteiger partial charge is 0.465 e. The van der Waals surface area contributed by atoms with Gasteiger partial charge in [-0.15, -0.1) is 6.58 Å². The Morgan fingerprint density at radius 2 is 2.10 bits per heavy atom. The third-order valence-electron chi connectivity index (χ3n) is 3.68. The SMILES string of the molecule is C=CCCCC(=O)[C@@H]1C(=O)OC[C@@H]1Cc1ccccc1.